The van der Waals surface area contributed by atoms with E-state index < -0.39 is 0 Å². The highest BCUT2D eigenvalue weighted by Gasteiger charge is 2.24. The molecule has 0 radical (unpaired) electrons. The summed E-state index contributed by atoms with van der Waals surface area (Å²) in [5.74, 6) is 0.810. The Morgan fingerprint density at radius 3 is 2.63 bits per heavy atom. The first-order valence-corrected chi connectivity index (χ1v) is 13.0. The summed E-state index contributed by atoms with van der Waals surface area (Å²) in [6, 6.07) is 9.53. The number of halogens is 1. The number of rotatable bonds is 7. The predicted octanol–water partition coefficient (Wildman–Crippen LogP) is 3.94. The van der Waals surface area contributed by atoms with Gasteiger partial charge in [0.1, 0.15) is 11.3 Å². The minimum absolute atomic E-state index is 0.400. The molecule has 0 spiro atoms. The molecule has 9 heteroatoms. The van der Waals surface area contributed by atoms with E-state index in [-0.39, 0.29) is 0 Å². The molecule has 8 nitrogen and oxygen atoms in total. The fourth-order valence-electron chi connectivity index (χ4n) is 5.22. The van der Waals surface area contributed by atoms with E-state index in [0.717, 1.165) is 81.3 Å². The molecule has 1 atom stereocenters. The summed E-state index contributed by atoms with van der Waals surface area (Å²) in [7, 11) is 3.94. The van der Waals surface area contributed by atoms with Crippen LogP contribution in [0.2, 0.25) is 5.02 Å². The molecule has 5 rings (SSSR count). The van der Waals surface area contributed by atoms with Gasteiger partial charge in [-0.3, -0.25) is 4.90 Å². The number of ether oxygens (including phenoxy) is 1. The van der Waals surface area contributed by atoms with Crippen molar-refractivity contribution in [2.24, 2.45) is 0 Å². The Morgan fingerprint density at radius 1 is 1.14 bits per heavy atom. The number of aromatic nitrogens is 3. The van der Waals surface area contributed by atoms with Crippen LogP contribution >= 0.6 is 11.6 Å². The van der Waals surface area contributed by atoms with Crippen LogP contribution in [-0.4, -0.2) is 96.9 Å². The van der Waals surface area contributed by atoms with Gasteiger partial charge in [-0.25, -0.2) is 9.97 Å². The first-order chi connectivity index (χ1) is 17.0. The van der Waals surface area contributed by atoms with Crippen LogP contribution in [0.4, 0.5) is 11.4 Å². The van der Waals surface area contributed by atoms with Gasteiger partial charge in [0.15, 0.2) is 5.65 Å². The van der Waals surface area contributed by atoms with Crippen LogP contribution in [0.25, 0.3) is 22.6 Å². The van der Waals surface area contributed by atoms with Crippen molar-refractivity contribution in [3.05, 3.63) is 35.5 Å². The number of hydrogen-bond acceptors (Lipinski definition) is 7. The lowest BCUT2D eigenvalue weighted by atomic mass is 10.1. The summed E-state index contributed by atoms with van der Waals surface area (Å²) >= 11 is 6.57. The summed E-state index contributed by atoms with van der Waals surface area (Å²) in [5.41, 5.74) is 4.75. The van der Waals surface area contributed by atoms with Gasteiger partial charge in [0.05, 0.1) is 23.5 Å². The molecule has 2 N–H and O–H groups in total. The van der Waals surface area contributed by atoms with Crippen molar-refractivity contribution in [1.29, 1.82) is 0 Å². The standard InChI is InChI=1S/C26H36ClN7O/c1-18-17-33(14-15-35-3)12-13-34(18)21-6-4-19(5-7-21)25-30-24-23(22(27)16-28-26(24)31-25)29-20-8-10-32(2)11-9-20/h4-7,16,18,20H,8-15,17H2,1-3H3,(H2,28,29,30,31). The van der Waals surface area contributed by atoms with Crippen molar-refractivity contribution in [3.63, 3.8) is 0 Å². The normalized spacial score (nSPS) is 20.6. The summed E-state index contributed by atoms with van der Waals surface area (Å²) in [5, 5.41) is 4.29. The molecule has 2 saturated heterocycles. The zero-order chi connectivity index (χ0) is 24.4. The first kappa shape index (κ1) is 24.3. The van der Waals surface area contributed by atoms with E-state index in [1.54, 1.807) is 13.3 Å². The lowest BCUT2D eigenvalue weighted by Gasteiger charge is -2.41. The van der Waals surface area contributed by atoms with Crippen LogP contribution in [0, 0.1) is 0 Å². The molecule has 1 aromatic carbocycles. The lowest BCUT2D eigenvalue weighted by Crippen LogP contribution is -2.52. The largest absolute Gasteiger partial charge is 0.383 e. The van der Waals surface area contributed by atoms with Crippen molar-refractivity contribution in [1.82, 2.24) is 24.8 Å². The van der Waals surface area contributed by atoms with Gasteiger partial charge in [-0.1, -0.05) is 11.6 Å². The minimum atomic E-state index is 0.400. The van der Waals surface area contributed by atoms with Gasteiger partial charge in [0.2, 0.25) is 0 Å². The van der Waals surface area contributed by atoms with Gasteiger partial charge in [-0.05, 0) is 64.2 Å². The van der Waals surface area contributed by atoms with E-state index in [1.807, 2.05) is 0 Å². The lowest BCUT2D eigenvalue weighted by molar-refractivity contribution is 0.136. The van der Waals surface area contributed by atoms with E-state index in [2.05, 4.69) is 68.2 Å². The number of anilines is 2. The van der Waals surface area contributed by atoms with Crippen LogP contribution in [0.1, 0.15) is 19.8 Å². The van der Waals surface area contributed by atoms with Crippen molar-refractivity contribution in [2.75, 3.05) is 70.2 Å². The fraction of sp³-hybridized carbons (Fsp3) is 0.538. The first-order valence-electron chi connectivity index (χ1n) is 12.6. The van der Waals surface area contributed by atoms with E-state index >= 15 is 0 Å². The number of nitrogens with one attached hydrogen (secondary N) is 2. The molecule has 2 fully saturated rings. The quantitative estimate of drug-likeness (QED) is 0.512. The molecule has 3 aromatic rings. The zero-order valence-corrected chi connectivity index (χ0v) is 21.7. The predicted molar refractivity (Wildman–Crippen MR) is 144 cm³/mol. The molecule has 2 aromatic heterocycles. The fourth-order valence-corrected chi connectivity index (χ4v) is 5.42. The highest BCUT2D eigenvalue weighted by atomic mass is 35.5. The smallest absolute Gasteiger partial charge is 0.180 e. The van der Waals surface area contributed by atoms with Crippen LogP contribution < -0.4 is 10.2 Å². The molecule has 0 aliphatic carbocycles. The number of benzene rings is 1. The van der Waals surface area contributed by atoms with Crippen molar-refractivity contribution < 1.29 is 4.74 Å². The minimum Gasteiger partial charge on any atom is -0.383 e. The summed E-state index contributed by atoms with van der Waals surface area (Å²) in [6.45, 7) is 9.37. The Bertz CT molecular complexity index is 1130. The Labute approximate surface area is 212 Å². The van der Waals surface area contributed by atoms with Crippen LogP contribution in [0.3, 0.4) is 0 Å². The topological polar surface area (TPSA) is 72.6 Å². The molecule has 2 aliphatic heterocycles. The Balaban J connectivity index is 1.32. The zero-order valence-electron chi connectivity index (χ0n) is 20.9. The van der Waals surface area contributed by atoms with Crippen LogP contribution in [0.15, 0.2) is 30.5 Å². The maximum absolute atomic E-state index is 6.57. The highest BCUT2D eigenvalue weighted by molar-refractivity contribution is 6.34. The number of nitrogens with zero attached hydrogens (tertiary/aromatic N) is 5. The second-order valence-electron chi connectivity index (χ2n) is 9.87. The Hall–Kier alpha value is -2.39. The van der Waals surface area contributed by atoms with E-state index in [4.69, 9.17) is 21.3 Å². The van der Waals surface area contributed by atoms with Crippen LogP contribution in [-0.2, 0) is 4.74 Å². The second-order valence-corrected chi connectivity index (χ2v) is 10.3. The average molecular weight is 498 g/mol. The number of fused-ring (bicyclic) bond motifs is 1. The van der Waals surface area contributed by atoms with E-state index in [0.29, 0.717) is 22.8 Å². The SMILES string of the molecule is COCCN1CCN(c2ccc(-c3nc4ncc(Cl)c(NC5CCN(C)CC5)c4[nH]3)cc2)C(C)C1. The number of methoxy groups -OCH3 is 1. The van der Waals surface area contributed by atoms with Crippen molar-refractivity contribution in [2.45, 2.75) is 31.8 Å². The number of imidazole rings is 1. The highest BCUT2D eigenvalue weighted by Crippen LogP contribution is 2.32. The average Bonchev–Trinajstić information content (AvgIpc) is 3.31. The molecule has 4 heterocycles. The molecule has 1 unspecified atom stereocenters. The molecule has 0 bridgehead atoms. The molecule has 2 aliphatic rings. The molecule has 0 saturated carbocycles. The third-order valence-corrected chi connectivity index (χ3v) is 7.62. The maximum Gasteiger partial charge on any atom is 0.180 e. The number of aromatic amines is 1. The van der Waals surface area contributed by atoms with E-state index in [9.17, 15) is 0 Å². The van der Waals surface area contributed by atoms with E-state index in [1.165, 1.54) is 5.69 Å². The molecule has 0 amide bonds. The number of hydrogen-bond donors (Lipinski definition) is 2. The Kier molecular flexibility index (Phi) is 7.43. The third-order valence-electron chi connectivity index (χ3n) is 7.34. The number of likely N-dealkylation sites (tertiary alicyclic amines) is 1. The molecule has 35 heavy (non-hydrogen) atoms. The molecule has 188 valence electrons. The third kappa shape index (κ3) is 5.40. The van der Waals surface area contributed by atoms with Gasteiger partial charge < -0.3 is 24.8 Å². The number of H-pyrrole nitrogens is 1. The van der Waals surface area contributed by atoms with Gasteiger partial charge in [-0.15, -0.1) is 0 Å². The molecular formula is C26H36ClN7O. The second kappa shape index (κ2) is 10.7. The number of piperazine rings is 1. The number of pyridine rings is 1. The van der Waals surface area contributed by atoms with Gasteiger partial charge >= 0.3 is 0 Å². The number of piperidine rings is 1. The molecular weight excluding hydrogens is 462 g/mol. The Morgan fingerprint density at radius 2 is 1.91 bits per heavy atom. The van der Waals surface area contributed by atoms with Crippen molar-refractivity contribution >= 4 is 34.1 Å². The van der Waals surface area contributed by atoms with Gasteiger partial charge in [-0.2, -0.15) is 0 Å². The van der Waals surface area contributed by atoms with Crippen LogP contribution in [0.5, 0.6) is 0 Å². The maximum atomic E-state index is 6.57. The summed E-state index contributed by atoms with van der Waals surface area (Å²) in [6.07, 6.45) is 3.89. The van der Waals surface area contributed by atoms with Gasteiger partial charge in [0, 0.05) is 56.6 Å². The van der Waals surface area contributed by atoms with Crippen molar-refractivity contribution in [3.8, 4) is 11.4 Å². The summed E-state index contributed by atoms with van der Waals surface area (Å²) in [4.78, 5) is 20.1. The monoisotopic (exact) mass is 497 g/mol. The summed E-state index contributed by atoms with van der Waals surface area (Å²) < 4.78 is 5.24. The van der Waals surface area contributed by atoms with Gasteiger partial charge in [0.25, 0.3) is 0 Å².